The normalized spacial score (nSPS) is 13.3. The number of aryl methyl sites for hydroxylation is 2. The Hall–Kier alpha value is -3.54. The SMILES string of the molecule is Oc1cc2c(cc1O)Cc1cc(O)c(O)cc1Cc1cc(O)c(O)cc1CC2. The average Bonchev–Trinajstić information content (AvgIpc) is 2.63. The van der Waals surface area contributed by atoms with E-state index in [0.717, 1.165) is 33.4 Å². The van der Waals surface area contributed by atoms with E-state index in [9.17, 15) is 30.6 Å². The quantitative estimate of drug-likeness (QED) is 0.333. The second-order valence-corrected chi connectivity index (χ2v) is 7.18. The van der Waals surface area contributed by atoms with Crippen LogP contribution >= 0.6 is 0 Å². The van der Waals surface area contributed by atoms with Gasteiger partial charge in [-0.2, -0.15) is 0 Å². The van der Waals surface area contributed by atoms with Crippen molar-refractivity contribution in [2.45, 2.75) is 25.7 Å². The molecule has 0 unspecified atom stereocenters. The summed E-state index contributed by atoms with van der Waals surface area (Å²) in [5.74, 6) is -1.34. The molecular weight excluding hydrogens is 360 g/mol. The molecule has 0 fully saturated rings. The minimum atomic E-state index is -0.242. The van der Waals surface area contributed by atoms with Gasteiger partial charge in [0.1, 0.15) is 0 Å². The fraction of sp³-hybridized carbons (Fsp3) is 0.182. The molecule has 1 aliphatic carbocycles. The summed E-state index contributed by atoms with van der Waals surface area (Å²) in [6, 6.07) is 9.03. The number of phenols is 6. The Balaban J connectivity index is 1.94. The van der Waals surface area contributed by atoms with Crippen LogP contribution in [0.1, 0.15) is 33.4 Å². The summed E-state index contributed by atoms with van der Waals surface area (Å²) in [5, 5.41) is 59.7. The predicted octanol–water partition coefficient (Wildman–Crippen LogP) is 3.20. The van der Waals surface area contributed by atoms with Gasteiger partial charge in [0.25, 0.3) is 0 Å². The molecule has 0 bridgehead atoms. The topological polar surface area (TPSA) is 121 Å². The smallest absolute Gasteiger partial charge is 0.157 e. The molecule has 0 aliphatic heterocycles. The summed E-state index contributed by atoms with van der Waals surface area (Å²) in [6.07, 6.45) is 1.90. The van der Waals surface area contributed by atoms with Crippen LogP contribution in [0.5, 0.6) is 34.5 Å². The highest BCUT2D eigenvalue weighted by Crippen LogP contribution is 2.37. The van der Waals surface area contributed by atoms with Gasteiger partial charge < -0.3 is 30.6 Å². The summed E-state index contributed by atoms with van der Waals surface area (Å²) in [6.45, 7) is 0. The van der Waals surface area contributed by atoms with Gasteiger partial charge in [-0.05, 0) is 95.5 Å². The van der Waals surface area contributed by atoms with Gasteiger partial charge in [-0.25, -0.2) is 0 Å². The zero-order chi connectivity index (χ0) is 20.0. The van der Waals surface area contributed by atoms with E-state index in [0.29, 0.717) is 25.7 Å². The highest BCUT2D eigenvalue weighted by molar-refractivity contribution is 5.54. The standard InChI is InChI=1S/C22H20O6/c23-17-5-11-1-2-12-6-18(24)20(26)8-14(12)4-16-10-22(28)21(27)9-15(16)3-13(11)7-19(17)25/h5-10,23-28H,1-4H2. The van der Waals surface area contributed by atoms with Crippen LogP contribution in [0.3, 0.4) is 0 Å². The number of fused-ring (bicyclic) bond motifs is 3. The van der Waals surface area contributed by atoms with Crippen molar-refractivity contribution in [2.24, 2.45) is 0 Å². The van der Waals surface area contributed by atoms with Gasteiger partial charge in [0, 0.05) is 0 Å². The van der Waals surface area contributed by atoms with Crippen LogP contribution in [0.25, 0.3) is 0 Å². The van der Waals surface area contributed by atoms with Crippen molar-refractivity contribution >= 4 is 0 Å². The van der Waals surface area contributed by atoms with E-state index in [2.05, 4.69) is 0 Å². The van der Waals surface area contributed by atoms with Crippen LogP contribution in [0.2, 0.25) is 0 Å². The second-order valence-electron chi connectivity index (χ2n) is 7.18. The number of rotatable bonds is 0. The van der Waals surface area contributed by atoms with Crippen LogP contribution in [0.15, 0.2) is 36.4 Å². The third-order valence-corrected chi connectivity index (χ3v) is 5.32. The zero-order valence-electron chi connectivity index (χ0n) is 15.0. The first-order valence-electron chi connectivity index (χ1n) is 8.93. The van der Waals surface area contributed by atoms with Gasteiger partial charge in [-0.1, -0.05) is 0 Å². The summed E-state index contributed by atoms with van der Waals surface area (Å²) >= 11 is 0. The molecule has 0 saturated heterocycles. The monoisotopic (exact) mass is 380 g/mol. The maximum absolute atomic E-state index is 9.97. The molecular formula is C22H20O6. The molecule has 3 aromatic rings. The van der Waals surface area contributed by atoms with Crippen molar-refractivity contribution in [3.8, 4) is 34.5 Å². The highest BCUT2D eigenvalue weighted by atomic mass is 16.3. The Morgan fingerprint density at radius 1 is 0.357 bits per heavy atom. The molecule has 144 valence electrons. The third-order valence-electron chi connectivity index (χ3n) is 5.32. The summed E-state index contributed by atoms with van der Waals surface area (Å²) in [5.41, 5.74) is 4.76. The number of hydrogen-bond acceptors (Lipinski definition) is 6. The number of benzene rings is 3. The van der Waals surface area contributed by atoms with Crippen molar-refractivity contribution in [2.75, 3.05) is 0 Å². The van der Waals surface area contributed by atoms with Crippen molar-refractivity contribution in [1.29, 1.82) is 0 Å². The number of hydrogen-bond donors (Lipinski definition) is 6. The average molecular weight is 380 g/mol. The van der Waals surface area contributed by atoms with E-state index in [1.165, 1.54) is 36.4 Å². The van der Waals surface area contributed by atoms with Gasteiger partial charge in [-0.3, -0.25) is 0 Å². The molecule has 6 nitrogen and oxygen atoms in total. The lowest BCUT2D eigenvalue weighted by Crippen LogP contribution is -2.07. The number of phenolic OH excluding ortho intramolecular Hbond substituents is 6. The van der Waals surface area contributed by atoms with Crippen molar-refractivity contribution < 1.29 is 30.6 Å². The first-order valence-corrected chi connectivity index (χ1v) is 8.93. The Labute approximate surface area is 161 Å². The fourth-order valence-electron chi connectivity index (χ4n) is 3.79. The number of aromatic hydroxyl groups is 6. The molecule has 6 N–H and O–H groups in total. The molecule has 0 aromatic heterocycles. The molecule has 3 aromatic carbocycles. The van der Waals surface area contributed by atoms with Crippen molar-refractivity contribution in [1.82, 2.24) is 0 Å². The summed E-state index contributed by atoms with van der Waals surface area (Å²) in [7, 11) is 0. The Morgan fingerprint density at radius 2 is 0.571 bits per heavy atom. The second kappa shape index (κ2) is 6.56. The van der Waals surface area contributed by atoms with Crippen LogP contribution in [-0.2, 0) is 25.7 Å². The van der Waals surface area contributed by atoms with E-state index in [-0.39, 0.29) is 34.5 Å². The predicted molar refractivity (Wildman–Crippen MR) is 102 cm³/mol. The first kappa shape index (κ1) is 17.9. The lowest BCUT2D eigenvalue weighted by atomic mass is 9.86. The fourth-order valence-corrected chi connectivity index (χ4v) is 3.79. The van der Waals surface area contributed by atoms with Crippen molar-refractivity contribution in [3.05, 3.63) is 69.8 Å². The lowest BCUT2D eigenvalue weighted by molar-refractivity contribution is 0.401. The molecule has 6 heteroatoms. The summed E-state index contributed by atoms with van der Waals surface area (Å²) in [4.78, 5) is 0. The highest BCUT2D eigenvalue weighted by Gasteiger charge is 2.19. The van der Waals surface area contributed by atoms with Gasteiger partial charge in [0.05, 0.1) is 0 Å². The minimum absolute atomic E-state index is 0.210. The Kier molecular flexibility index (Phi) is 4.19. The van der Waals surface area contributed by atoms with Gasteiger partial charge in [-0.15, -0.1) is 0 Å². The maximum Gasteiger partial charge on any atom is 0.157 e. The molecule has 0 saturated carbocycles. The molecule has 0 radical (unpaired) electrons. The maximum atomic E-state index is 9.97. The molecule has 0 heterocycles. The van der Waals surface area contributed by atoms with Gasteiger partial charge in [0.2, 0.25) is 0 Å². The van der Waals surface area contributed by atoms with E-state index in [4.69, 9.17) is 0 Å². The van der Waals surface area contributed by atoms with Gasteiger partial charge in [0.15, 0.2) is 34.5 Å². The van der Waals surface area contributed by atoms with Crippen molar-refractivity contribution in [3.63, 3.8) is 0 Å². The van der Waals surface area contributed by atoms with Crippen LogP contribution < -0.4 is 0 Å². The molecule has 28 heavy (non-hydrogen) atoms. The van der Waals surface area contributed by atoms with E-state index in [1.807, 2.05) is 0 Å². The zero-order valence-corrected chi connectivity index (χ0v) is 15.0. The summed E-state index contributed by atoms with van der Waals surface area (Å²) < 4.78 is 0. The molecule has 1 aliphatic rings. The van der Waals surface area contributed by atoms with E-state index < -0.39 is 0 Å². The Morgan fingerprint density at radius 3 is 0.857 bits per heavy atom. The van der Waals surface area contributed by atoms with E-state index in [1.54, 1.807) is 0 Å². The molecule has 0 amide bonds. The van der Waals surface area contributed by atoms with Crippen LogP contribution in [0, 0.1) is 0 Å². The largest absolute Gasteiger partial charge is 0.504 e. The molecule has 0 spiro atoms. The third kappa shape index (κ3) is 3.13. The van der Waals surface area contributed by atoms with Gasteiger partial charge >= 0.3 is 0 Å². The minimum Gasteiger partial charge on any atom is -0.504 e. The van der Waals surface area contributed by atoms with E-state index >= 15 is 0 Å². The molecule has 0 atom stereocenters. The molecule has 4 rings (SSSR count). The van der Waals surface area contributed by atoms with Crippen LogP contribution in [0.4, 0.5) is 0 Å². The first-order chi connectivity index (χ1) is 13.3. The lowest BCUT2D eigenvalue weighted by Gasteiger charge is -2.20. The van der Waals surface area contributed by atoms with Crippen LogP contribution in [-0.4, -0.2) is 30.6 Å². The Bertz CT molecular complexity index is 1000.